The van der Waals surface area contributed by atoms with E-state index in [2.05, 4.69) is 17.0 Å². The molecule has 4 nitrogen and oxygen atoms in total. The van der Waals surface area contributed by atoms with Gasteiger partial charge >= 0.3 is 0 Å². The van der Waals surface area contributed by atoms with Gasteiger partial charge in [-0.05, 0) is 17.5 Å². The Morgan fingerprint density at radius 3 is 2.00 bits per heavy atom. The fourth-order valence-electron chi connectivity index (χ4n) is 7.15. The fourth-order valence-corrected chi connectivity index (χ4v) is 8.46. The van der Waals surface area contributed by atoms with Crippen LogP contribution in [-0.4, -0.2) is 45.5 Å². The summed E-state index contributed by atoms with van der Waals surface area (Å²) in [5.41, 5.74) is 0.879. The van der Waals surface area contributed by atoms with Crippen molar-refractivity contribution in [3.8, 4) is 0 Å². The number of benzene rings is 3. The van der Waals surface area contributed by atoms with Gasteiger partial charge in [0.1, 0.15) is 0 Å². The lowest BCUT2D eigenvalue weighted by molar-refractivity contribution is 0.0320. The summed E-state index contributed by atoms with van der Waals surface area (Å²) in [4.78, 5) is 45.4. The average molecular weight is 452 g/mol. The van der Waals surface area contributed by atoms with E-state index in [0.29, 0.717) is 29.0 Å². The molecule has 3 aromatic carbocycles. The van der Waals surface area contributed by atoms with Crippen molar-refractivity contribution in [3.05, 3.63) is 107 Å². The summed E-state index contributed by atoms with van der Waals surface area (Å²) in [6, 6.07) is 24.8. The predicted molar refractivity (Wildman–Crippen MR) is 127 cm³/mol. The summed E-state index contributed by atoms with van der Waals surface area (Å²) in [7, 11) is 0. The Morgan fingerprint density at radius 2 is 1.33 bits per heavy atom. The Morgan fingerprint density at radius 1 is 0.727 bits per heavy atom. The standard InChI is InChI=1S/C28H21NO3S/c30-24-19-11-5-4-10-18(19)14-27(24)23(17-8-2-1-3-9-17)22-15-33-16-29(22)28(27)25(31)20-12-6-7-13-21(20)26(28)32/h1-13,22-23H,14-16H2. The van der Waals surface area contributed by atoms with Crippen molar-refractivity contribution in [2.75, 3.05) is 11.6 Å². The van der Waals surface area contributed by atoms with Crippen LogP contribution in [0.15, 0.2) is 78.9 Å². The fraction of sp³-hybridized carbons (Fsp3) is 0.250. The van der Waals surface area contributed by atoms with Gasteiger partial charge in [0, 0.05) is 40.3 Å². The first kappa shape index (κ1) is 19.4. The van der Waals surface area contributed by atoms with Crippen LogP contribution in [0.25, 0.3) is 0 Å². The molecule has 2 aliphatic heterocycles. The highest BCUT2D eigenvalue weighted by atomic mass is 32.2. The van der Waals surface area contributed by atoms with Crippen molar-refractivity contribution in [2.24, 2.45) is 5.41 Å². The molecule has 0 amide bonds. The van der Waals surface area contributed by atoms with Gasteiger partial charge < -0.3 is 0 Å². The van der Waals surface area contributed by atoms with E-state index in [9.17, 15) is 14.4 Å². The van der Waals surface area contributed by atoms with Gasteiger partial charge in [-0.2, -0.15) is 0 Å². The van der Waals surface area contributed by atoms with Crippen LogP contribution in [0.4, 0.5) is 0 Å². The summed E-state index contributed by atoms with van der Waals surface area (Å²) in [5, 5.41) is 0. The quantitative estimate of drug-likeness (QED) is 0.514. The molecule has 162 valence electrons. The third-order valence-electron chi connectivity index (χ3n) is 8.28. The number of carbonyl (C=O) groups is 3. The number of fused-ring (bicyclic) bond motifs is 5. The monoisotopic (exact) mass is 451 g/mol. The van der Waals surface area contributed by atoms with E-state index in [-0.39, 0.29) is 29.3 Å². The van der Waals surface area contributed by atoms with E-state index >= 15 is 0 Å². The van der Waals surface area contributed by atoms with Crippen molar-refractivity contribution in [1.29, 1.82) is 0 Å². The first-order valence-electron chi connectivity index (χ1n) is 11.3. The molecule has 33 heavy (non-hydrogen) atoms. The van der Waals surface area contributed by atoms with Gasteiger partial charge in [-0.15, -0.1) is 11.8 Å². The van der Waals surface area contributed by atoms with Gasteiger partial charge in [-0.3, -0.25) is 19.3 Å². The summed E-state index contributed by atoms with van der Waals surface area (Å²) in [6.07, 6.45) is 0.407. The second-order valence-corrected chi connectivity index (χ2v) is 10.5. The van der Waals surface area contributed by atoms with Gasteiger partial charge in [-0.25, -0.2) is 0 Å². The summed E-state index contributed by atoms with van der Waals surface area (Å²) >= 11 is 1.75. The van der Waals surface area contributed by atoms with Gasteiger partial charge in [0.25, 0.3) is 0 Å². The molecule has 2 heterocycles. The maximum Gasteiger partial charge on any atom is 0.192 e. The molecule has 0 saturated carbocycles. The molecule has 4 aliphatic rings. The highest BCUT2D eigenvalue weighted by molar-refractivity contribution is 7.99. The minimum Gasteiger partial charge on any atom is -0.293 e. The number of ketones is 3. The molecule has 0 N–H and O–H groups in total. The number of nitrogens with zero attached hydrogens (tertiary/aromatic N) is 1. The lowest BCUT2D eigenvalue weighted by atomic mass is 9.58. The molecule has 2 saturated heterocycles. The second kappa shape index (κ2) is 6.52. The number of hydrogen-bond donors (Lipinski definition) is 0. The SMILES string of the molecule is O=C1c2ccccc2CC12C(c1ccccc1)C1CSCN1C21C(=O)c2ccccc2C1=O. The maximum absolute atomic E-state index is 14.5. The smallest absolute Gasteiger partial charge is 0.192 e. The molecule has 2 aliphatic carbocycles. The van der Waals surface area contributed by atoms with Crippen molar-refractivity contribution in [2.45, 2.75) is 23.9 Å². The number of carbonyl (C=O) groups excluding carboxylic acids is 3. The zero-order chi connectivity index (χ0) is 22.4. The van der Waals surface area contributed by atoms with Crippen LogP contribution < -0.4 is 0 Å². The van der Waals surface area contributed by atoms with Crippen LogP contribution in [0.3, 0.4) is 0 Å². The van der Waals surface area contributed by atoms with Gasteiger partial charge in [0.05, 0.1) is 5.41 Å². The molecule has 0 bridgehead atoms. The minimum atomic E-state index is -1.50. The largest absolute Gasteiger partial charge is 0.293 e. The van der Waals surface area contributed by atoms with Crippen LogP contribution in [-0.2, 0) is 6.42 Å². The van der Waals surface area contributed by atoms with E-state index in [1.807, 2.05) is 42.5 Å². The van der Waals surface area contributed by atoms with Crippen molar-refractivity contribution < 1.29 is 14.4 Å². The Labute approximate surface area is 196 Å². The maximum atomic E-state index is 14.5. The number of Topliss-reactive ketones (excluding diaryl/α,β-unsaturated/α-hetero) is 3. The molecule has 0 radical (unpaired) electrons. The molecule has 3 atom stereocenters. The molecule has 3 unspecified atom stereocenters. The third kappa shape index (κ3) is 2.07. The van der Waals surface area contributed by atoms with Crippen LogP contribution in [0.1, 0.15) is 48.1 Å². The highest BCUT2D eigenvalue weighted by Gasteiger charge is 2.81. The topological polar surface area (TPSA) is 54.5 Å². The average Bonchev–Trinajstić information content (AvgIpc) is 3.55. The first-order valence-corrected chi connectivity index (χ1v) is 12.5. The minimum absolute atomic E-state index is 0.0548. The molecular formula is C28H21NO3S. The molecule has 0 aromatic heterocycles. The Balaban J connectivity index is 1.58. The van der Waals surface area contributed by atoms with E-state index in [1.165, 1.54) is 0 Å². The lowest BCUT2D eigenvalue weighted by Gasteiger charge is -2.43. The molecule has 2 fully saturated rings. The first-order chi connectivity index (χ1) is 16.1. The normalized spacial score (nSPS) is 29.2. The summed E-state index contributed by atoms with van der Waals surface area (Å²) < 4.78 is 0. The highest BCUT2D eigenvalue weighted by Crippen LogP contribution is 2.67. The van der Waals surface area contributed by atoms with Crippen LogP contribution in [0, 0.1) is 5.41 Å². The second-order valence-electron chi connectivity index (χ2n) is 9.47. The van der Waals surface area contributed by atoms with Crippen LogP contribution in [0.5, 0.6) is 0 Å². The molecule has 5 heteroatoms. The number of rotatable bonds is 1. The molecular weight excluding hydrogens is 430 g/mol. The Kier molecular flexibility index (Phi) is 3.84. The van der Waals surface area contributed by atoms with Crippen LogP contribution >= 0.6 is 11.8 Å². The van der Waals surface area contributed by atoms with E-state index in [4.69, 9.17) is 0 Å². The number of hydrogen-bond acceptors (Lipinski definition) is 5. The van der Waals surface area contributed by atoms with Gasteiger partial charge in [0.15, 0.2) is 22.9 Å². The lowest BCUT2D eigenvalue weighted by Crippen LogP contribution is -2.64. The van der Waals surface area contributed by atoms with E-state index in [1.54, 1.807) is 36.0 Å². The van der Waals surface area contributed by atoms with Crippen molar-refractivity contribution >= 4 is 29.1 Å². The third-order valence-corrected chi connectivity index (χ3v) is 9.32. The van der Waals surface area contributed by atoms with Crippen molar-refractivity contribution in [3.63, 3.8) is 0 Å². The zero-order valence-corrected chi connectivity index (χ0v) is 18.7. The Bertz CT molecular complexity index is 1330. The Hall–Kier alpha value is -3.02. The predicted octanol–water partition coefficient (Wildman–Crippen LogP) is 4.40. The van der Waals surface area contributed by atoms with Crippen LogP contribution in [0.2, 0.25) is 0 Å². The zero-order valence-electron chi connectivity index (χ0n) is 17.9. The van der Waals surface area contributed by atoms with Gasteiger partial charge in [-0.1, -0.05) is 78.9 Å². The van der Waals surface area contributed by atoms with E-state index < -0.39 is 11.0 Å². The van der Waals surface area contributed by atoms with Gasteiger partial charge in [0.2, 0.25) is 0 Å². The molecule has 2 spiro atoms. The number of thioether (sulfide) groups is 1. The molecule has 7 rings (SSSR count). The summed E-state index contributed by atoms with van der Waals surface area (Å²) in [6.45, 7) is 0. The summed E-state index contributed by atoms with van der Waals surface area (Å²) in [5.74, 6) is 0.677. The van der Waals surface area contributed by atoms with E-state index in [0.717, 1.165) is 16.9 Å². The molecule has 3 aromatic rings. The van der Waals surface area contributed by atoms with Crippen molar-refractivity contribution in [1.82, 2.24) is 4.90 Å².